The van der Waals surface area contributed by atoms with Crippen LogP contribution in [0.5, 0.6) is 0 Å². The minimum absolute atomic E-state index is 0.000108. The molecule has 0 radical (unpaired) electrons. The zero-order valence-corrected chi connectivity index (χ0v) is 20.8. The molecule has 0 spiro atoms. The van der Waals surface area contributed by atoms with E-state index in [1.165, 1.54) is 13.8 Å². The Balaban J connectivity index is 1.46. The van der Waals surface area contributed by atoms with Gasteiger partial charge in [0.2, 0.25) is 0 Å². The summed E-state index contributed by atoms with van der Waals surface area (Å²) >= 11 is 0. The van der Waals surface area contributed by atoms with Crippen LogP contribution in [0, 0.1) is 34.5 Å². The lowest BCUT2D eigenvalue weighted by Crippen LogP contribution is -2.62. The van der Waals surface area contributed by atoms with Crippen molar-refractivity contribution in [2.24, 2.45) is 34.5 Å². The summed E-state index contributed by atoms with van der Waals surface area (Å²) in [6.07, 6.45) is 7.98. The van der Waals surface area contributed by atoms with E-state index in [0.29, 0.717) is 18.3 Å². The van der Waals surface area contributed by atoms with Crippen LogP contribution in [0.15, 0.2) is 11.6 Å². The third kappa shape index (κ3) is 3.44. The lowest BCUT2D eigenvalue weighted by molar-refractivity contribution is -0.210. The van der Waals surface area contributed by atoms with Gasteiger partial charge in [0.1, 0.15) is 18.8 Å². The fourth-order valence-corrected chi connectivity index (χ4v) is 9.08. The first-order valence-corrected chi connectivity index (χ1v) is 12.9. The monoisotopic (exact) mass is 474 g/mol. The molecule has 1 aliphatic heterocycles. The fourth-order valence-electron chi connectivity index (χ4n) is 9.08. The topological polar surface area (TPSA) is 99.1 Å². The van der Waals surface area contributed by atoms with Crippen LogP contribution in [0.4, 0.5) is 0 Å². The Morgan fingerprint density at radius 1 is 1.03 bits per heavy atom. The second-order valence-corrected chi connectivity index (χ2v) is 12.0. The van der Waals surface area contributed by atoms with Crippen LogP contribution in [-0.4, -0.2) is 47.4 Å². The van der Waals surface area contributed by atoms with Gasteiger partial charge in [0.05, 0.1) is 5.60 Å². The van der Waals surface area contributed by atoms with Crippen LogP contribution in [-0.2, 0) is 28.6 Å². The number of carbonyl (C=O) groups is 3. The Bertz CT molecular complexity index is 926. The standard InChI is InChI=1S/C27H38O7/c1-15(28)33-19-7-9-25(3)18(12-19)5-6-21-20(25)8-10-26(4)24(17-11-23(30)32-14-17)22(34-16(2)29)13-27(21,26)31/h11,18-22,24,31H,5-10,12-14H2,1-4H3/t18?,19?,20?,21?,22?,24?,25-,26-,27?/m1/s1. The van der Waals surface area contributed by atoms with Crippen molar-refractivity contribution in [3.05, 3.63) is 11.6 Å². The minimum Gasteiger partial charge on any atom is -0.463 e. The van der Waals surface area contributed by atoms with E-state index in [4.69, 9.17) is 14.2 Å². The van der Waals surface area contributed by atoms with E-state index < -0.39 is 17.1 Å². The highest BCUT2D eigenvalue weighted by Crippen LogP contribution is 2.70. The summed E-state index contributed by atoms with van der Waals surface area (Å²) in [6, 6.07) is 0. The number of fused-ring (bicyclic) bond motifs is 5. The third-order valence-electron chi connectivity index (χ3n) is 10.5. The van der Waals surface area contributed by atoms with Gasteiger partial charge in [-0.2, -0.15) is 0 Å². The second-order valence-electron chi connectivity index (χ2n) is 12.0. The molecular formula is C27H38O7. The van der Waals surface area contributed by atoms with E-state index in [9.17, 15) is 19.5 Å². The molecule has 7 nitrogen and oxygen atoms in total. The van der Waals surface area contributed by atoms with Gasteiger partial charge in [-0.05, 0) is 73.7 Å². The first-order chi connectivity index (χ1) is 16.0. The predicted molar refractivity (Wildman–Crippen MR) is 122 cm³/mol. The van der Waals surface area contributed by atoms with Crippen molar-refractivity contribution in [3.8, 4) is 0 Å². The molecule has 0 saturated heterocycles. The Morgan fingerprint density at radius 3 is 2.41 bits per heavy atom. The van der Waals surface area contributed by atoms with E-state index in [0.717, 1.165) is 50.5 Å². The zero-order valence-electron chi connectivity index (χ0n) is 20.8. The molecule has 0 aromatic rings. The van der Waals surface area contributed by atoms with Crippen molar-refractivity contribution in [2.45, 2.75) is 96.9 Å². The summed E-state index contributed by atoms with van der Waals surface area (Å²) in [7, 11) is 0. The summed E-state index contributed by atoms with van der Waals surface area (Å²) < 4.78 is 16.6. The van der Waals surface area contributed by atoms with Crippen molar-refractivity contribution in [3.63, 3.8) is 0 Å². The third-order valence-corrected chi connectivity index (χ3v) is 10.5. The molecule has 9 atom stereocenters. The number of esters is 3. The molecule has 5 rings (SSSR count). The van der Waals surface area contributed by atoms with Crippen molar-refractivity contribution < 1.29 is 33.7 Å². The average molecular weight is 475 g/mol. The molecule has 7 unspecified atom stereocenters. The average Bonchev–Trinajstić information content (AvgIpc) is 3.25. The van der Waals surface area contributed by atoms with Crippen LogP contribution in [0.1, 0.15) is 79.1 Å². The van der Waals surface area contributed by atoms with Gasteiger partial charge >= 0.3 is 17.9 Å². The van der Waals surface area contributed by atoms with E-state index in [2.05, 4.69) is 13.8 Å². The Labute approximate surface area is 201 Å². The van der Waals surface area contributed by atoms with Crippen molar-refractivity contribution in [2.75, 3.05) is 6.61 Å². The van der Waals surface area contributed by atoms with Crippen molar-refractivity contribution in [1.29, 1.82) is 0 Å². The molecule has 5 aliphatic rings. The molecule has 4 aliphatic carbocycles. The van der Waals surface area contributed by atoms with Gasteiger partial charge in [-0.3, -0.25) is 9.59 Å². The molecule has 0 aromatic heterocycles. The molecule has 34 heavy (non-hydrogen) atoms. The van der Waals surface area contributed by atoms with Crippen molar-refractivity contribution >= 4 is 17.9 Å². The van der Waals surface area contributed by atoms with Crippen LogP contribution >= 0.6 is 0 Å². The molecule has 7 heteroatoms. The van der Waals surface area contributed by atoms with Gasteiger partial charge in [-0.15, -0.1) is 0 Å². The molecule has 0 bridgehead atoms. The Hall–Kier alpha value is -1.89. The van der Waals surface area contributed by atoms with Gasteiger partial charge in [0, 0.05) is 37.7 Å². The Kier molecular flexibility index (Phi) is 5.66. The molecule has 1 heterocycles. The number of aliphatic hydroxyl groups is 1. The van der Waals surface area contributed by atoms with Gasteiger partial charge < -0.3 is 19.3 Å². The van der Waals surface area contributed by atoms with Crippen LogP contribution in [0.25, 0.3) is 0 Å². The first-order valence-electron chi connectivity index (χ1n) is 12.9. The van der Waals surface area contributed by atoms with Crippen molar-refractivity contribution in [1.82, 2.24) is 0 Å². The minimum atomic E-state index is -0.978. The van der Waals surface area contributed by atoms with Gasteiger partial charge in [0.15, 0.2) is 0 Å². The highest BCUT2D eigenvalue weighted by atomic mass is 16.6. The molecule has 0 amide bonds. The maximum Gasteiger partial charge on any atom is 0.331 e. The number of hydrogen-bond donors (Lipinski definition) is 1. The van der Waals surface area contributed by atoms with E-state index in [-0.39, 0.29) is 47.9 Å². The predicted octanol–water partition coefficient (Wildman–Crippen LogP) is 3.72. The van der Waals surface area contributed by atoms with Crippen LogP contribution in [0.2, 0.25) is 0 Å². The summed E-state index contributed by atoms with van der Waals surface area (Å²) in [6.45, 7) is 7.61. The molecule has 1 N–H and O–H groups in total. The second kappa shape index (κ2) is 8.07. The van der Waals surface area contributed by atoms with Gasteiger partial charge in [0.25, 0.3) is 0 Å². The molecule has 4 fully saturated rings. The largest absolute Gasteiger partial charge is 0.463 e. The van der Waals surface area contributed by atoms with Crippen LogP contribution < -0.4 is 0 Å². The molecule has 4 saturated carbocycles. The van der Waals surface area contributed by atoms with Crippen LogP contribution in [0.3, 0.4) is 0 Å². The number of rotatable bonds is 3. The van der Waals surface area contributed by atoms with E-state index >= 15 is 0 Å². The summed E-state index contributed by atoms with van der Waals surface area (Å²) in [5.74, 6) is -0.190. The number of ether oxygens (including phenoxy) is 3. The number of hydrogen-bond acceptors (Lipinski definition) is 7. The lowest BCUT2D eigenvalue weighted by Gasteiger charge is -2.63. The van der Waals surface area contributed by atoms with E-state index in [1.54, 1.807) is 6.08 Å². The maximum absolute atomic E-state index is 12.5. The highest BCUT2D eigenvalue weighted by molar-refractivity contribution is 5.85. The quantitative estimate of drug-likeness (QED) is 0.492. The molecule has 0 aromatic carbocycles. The summed E-state index contributed by atoms with van der Waals surface area (Å²) in [4.78, 5) is 35.4. The summed E-state index contributed by atoms with van der Waals surface area (Å²) in [5, 5.41) is 12.5. The highest BCUT2D eigenvalue weighted by Gasteiger charge is 2.71. The molecule has 188 valence electrons. The fraction of sp³-hybridized carbons (Fsp3) is 0.815. The zero-order chi connectivity index (χ0) is 24.5. The number of carbonyl (C=O) groups excluding carboxylic acids is 3. The maximum atomic E-state index is 12.5. The number of cyclic esters (lactones) is 1. The van der Waals surface area contributed by atoms with Gasteiger partial charge in [-0.25, -0.2) is 4.79 Å². The van der Waals surface area contributed by atoms with E-state index in [1.807, 2.05) is 0 Å². The smallest absolute Gasteiger partial charge is 0.331 e. The normalized spacial score (nSPS) is 47.6. The summed E-state index contributed by atoms with van der Waals surface area (Å²) in [5.41, 5.74) is -0.535. The SMILES string of the molecule is CC(=O)OC1CC[C@]2(C)C(CCC3C2CC[C@]2(C)C(C4=CC(=O)OC4)C(OC(C)=O)CC32O)C1. The first kappa shape index (κ1) is 23.8. The lowest BCUT2D eigenvalue weighted by atomic mass is 9.43. The molecular weight excluding hydrogens is 436 g/mol. The Morgan fingerprint density at radius 2 is 1.76 bits per heavy atom. The van der Waals surface area contributed by atoms with Gasteiger partial charge in [-0.1, -0.05) is 13.8 Å².